The van der Waals surface area contributed by atoms with Crippen molar-refractivity contribution in [1.82, 2.24) is 9.97 Å². The number of anilines is 3. The Morgan fingerprint density at radius 1 is 1.04 bits per heavy atom. The van der Waals surface area contributed by atoms with Crippen LogP contribution < -0.4 is 15.4 Å². The van der Waals surface area contributed by atoms with Gasteiger partial charge in [0, 0.05) is 29.8 Å². The molecule has 0 saturated heterocycles. The Hall–Kier alpha value is -3.48. The molecule has 2 aromatic carbocycles. The molecule has 0 bridgehead atoms. The van der Waals surface area contributed by atoms with Gasteiger partial charge in [-0.1, -0.05) is 12.1 Å². The average Bonchev–Trinajstić information content (AvgIpc) is 2.62. The van der Waals surface area contributed by atoms with Gasteiger partial charge in [-0.15, -0.1) is 0 Å². The topological polar surface area (TPSA) is 76.1 Å². The Morgan fingerprint density at radius 2 is 1.76 bits per heavy atom. The predicted octanol–water partition coefficient (Wildman–Crippen LogP) is 3.62. The smallest absolute Gasteiger partial charge is 0.258 e. The SMILES string of the molecule is COc1cccc(NC(=O)c2cnc(Nc3cccc(F)c3)nc2)c1. The quantitative estimate of drug-likeness (QED) is 0.743. The van der Waals surface area contributed by atoms with E-state index in [1.165, 1.54) is 24.5 Å². The molecule has 0 aliphatic carbocycles. The molecule has 1 amide bonds. The number of methoxy groups -OCH3 is 1. The molecule has 2 N–H and O–H groups in total. The third-order valence-electron chi connectivity index (χ3n) is 3.32. The molecule has 0 fully saturated rings. The molecule has 0 atom stereocenters. The largest absolute Gasteiger partial charge is 0.497 e. The highest BCUT2D eigenvalue weighted by molar-refractivity contribution is 6.04. The van der Waals surface area contributed by atoms with E-state index in [4.69, 9.17) is 4.74 Å². The zero-order valence-electron chi connectivity index (χ0n) is 13.4. The van der Waals surface area contributed by atoms with Gasteiger partial charge in [-0.2, -0.15) is 0 Å². The second-order valence-electron chi connectivity index (χ2n) is 5.12. The van der Waals surface area contributed by atoms with Crippen LogP contribution in [0.2, 0.25) is 0 Å². The van der Waals surface area contributed by atoms with E-state index in [1.54, 1.807) is 43.5 Å². The van der Waals surface area contributed by atoms with Crippen molar-refractivity contribution in [2.75, 3.05) is 17.7 Å². The Bertz CT molecular complexity index is 884. The van der Waals surface area contributed by atoms with Gasteiger partial charge < -0.3 is 15.4 Å². The summed E-state index contributed by atoms with van der Waals surface area (Å²) in [5.41, 5.74) is 1.42. The summed E-state index contributed by atoms with van der Waals surface area (Å²) in [5, 5.41) is 5.61. The zero-order valence-corrected chi connectivity index (χ0v) is 13.4. The molecule has 1 aromatic heterocycles. The molecule has 0 saturated carbocycles. The molecule has 0 spiro atoms. The number of amides is 1. The van der Waals surface area contributed by atoms with Crippen LogP contribution in [0.5, 0.6) is 5.75 Å². The van der Waals surface area contributed by atoms with E-state index in [0.29, 0.717) is 22.7 Å². The lowest BCUT2D eigenvalue weighted by molar-refractivity contribution is 0.102. The maximum absolute atomic E-state index is 13.2. The van der Waals surface area contributed by atoms with Crippen LogP contribution in [0.3, 0.4) is 0 Å². The third kappa shape index (κ3) is 4.29. The Kier molecular flexibility index (Phi) is 4.84. The highest BCUT2D eigenvalue weighted by Crippen LogP contribution is 2.18. The molecule has 0 aliphatic rings. The maximum Gasteiger partial charge on any atom is 0.258 e. The lowest BCUT2D eigenvalue weighted by atomic mass is 10.2. The Balaban J connectivity index is 1.67. The molecule has 0 radical (unpaired) electrons. The number of ether oxygens (including phenoxy) is 1. The van der Waals surface area contributed by atoms with Crippen molar-refractivity contribution in [1.29, 1.82) is 0 Å². The predicted molar refractivity (Wildman–Crippen MR) is 92.7 cm³/mol. The molecular formula is C18H15FN4O2. The van der Waals surface area contributed by atoms with Gasteiger partial charge in [0.2, 0.25) is 5.95 Å². The van der Waals surface area contributed by atoms with Crippen molar-refractivity contribution in [2.24, 2.45) is 0 Å². The summed E-state index contributed by atoms with van der Waals surface area (Å²) >= 11 is 0. The molecule has 7 heteroatoms. The summed E-state index contributed by atoms with van der Waals surface area (Å²) < 4.78 is 18.3. The fourth-order valence-electron chi connectivity index (χ4n) is 2.11. The summed E-state index contributed by atoms with van der Waals surface area (Å²) in [5.74, 6) is 0.206. The van der Waals surface area contributed by atoms with Crippen molar-refractivity contribution >= 4 is 23.2 Å². The van der Waals surface area contributed by atoms with Crippen molar-refractivity contribution in [3.8, 4) is 5.75 Å². The number of rotatable bonds is 5. The number of benzene rings is 2. The molecular weight excluding hydrogens is 323 g/mol. The summed E-state index contributed by atoms with van der Waals surface area (Å²) in [6.45, 7) is 0. The third-order valence-corrected chi connectivity index (χ3v) is 3.32. The molecule has 1 heterocycles. The molecule has 0 unspecified atom stereocenters. The summed E-state index contributed by atoms with van der Waals surface area (Å²) in [6, 6.07) is 13.0. The first-order valence-corrected chi connectivity index (χ1v) is 7.44. The van der Waals surface area contributed by atoms with Crippen LogP contribution in [-0.2, 0) is 0 Å². The first-order chi connectivity index (χ1) is 12.1. The number of carbonyl (C=O) groups is 1. The minimum absolute atomic E-state index is 0.267. The van der Waals surface area contributed by atoms with Gasteiger partial charge in [0.15, 0.2) is 0 Å². The number of hydrogen-bond donors (Lipinski definition) is 2. The van der Waals surface area contributed by atoms with E-state index in [1.807, 2.05) is 0 Å². The second-order valence-corrected chi connectivity index (χ2v) is 5.12. The highest BCUT2D eigenvalue weighted by Gasteiger charge is 2.08. The van der Waals surface area contributed by atoms with Gasteiger partial charge in [-0.25, -0.2) is 14.4 Å². The fraction of sp³-hybridized carbons (Fsp3) is 0.0556. The van der Waals surface area contributed by atoms with E-state index in [0.717, 1.165) is 0 Å². The molecule has 3 rings (SSSR count). The standard InChI is InChI=1S/C18H15FN4O2/c1-25-16-7-3-6-15(9-16)22-17(24)12-10-20-18(21-11-12)23-14-5-2-4-13(19)8-14/h2-11H,1H3,(H,22,24)(H,20,21,23). The minimum atomic E-state index is -0.362. The molecule has 126 valence electrons. The monoisotopic (exact) mass is 338 g/mol. The van der Waals surface area contributed by atoms with Gasteiger partial charge in [0.1, 0.15) is 11.6 Å². The summed E-state index contributed by atoms with van der Waals surface area (Å²) in [7, 11) is 1.55. The highest BCUT2D eigenvalue weighted by atomic mass is 19.1. The van der Waals surface area contributed by atoms with E-state index >= 15 is 0 Å². The fourth-order valence-corrected chi connectivity index (χ4v) is 2.11. The van der Waals surface area contributed by atoms with Crippen LogP contribution >= 0.6 is 0 Å². The van der Waals surface area contributed by atoms with Crippen LogP contribution in [0.15, 0.2) is 60.9 Å². The normalized spacial score (nSPS) is 10.2. The molecule has 0 aliphatic heterocycles. The molecule has 25 heavy (non-hydrogen) atoms. The van der Waals surface area contributed by atoms with Crippen LogP contribution in [0.4, 0.5) is 21.7 Å². The molecule has 3 aromatic rings. The second kappa shape index (κ2) is 7.39. The van der Waals surface area contributed by atoms with Crippen LogP contribution in [0.25, 0.3) is 0 Å². The number of aromatic nitrogens is 2. The number of nitrogens with one attached hydrogen (secondary N) is 2. The summed E-state index contributed by atoms with van der Waals surface area (Å²) in [4.78, 5) is 20.4. The number of carbonyl (C=O) groups excluding carboxylic acids is 1. The lowest BCUT2D eigenvalue weighted by Gasteiger charge is -2.08. The first-order valence-electron chi connectivity index (χ1n) is 7.44. The van der Waals surface area contributed by atoms with E-state index in [-0.39, 0.29) is 17.7 Å². The Morgan fingerprint density at radius 3 is 2.48 bits per heavy atom. The first kappa shape index (κ1) is 16.4. The van der Waals surface area contributed by atoms with Gasteiger partial charge in [-0.05, 0) is 30.3 Å². The van der Waals surface area contributed by atoms with Crippen LogP contribution in [0, 0.1) is 5.82 Å². The number of hydrogen-bond acceptors (Lipinski definition) is 5. The Labute approximate surface area is 143 Å². The number of nitrogens with zero attached hydrogens (tertiary/aromatic N) is 2. The van der Waals surface area contributed by atoms with Gasteiger partial charge in [-0.3, -0.25) is 4.79 Å². The minimum Gasteiger partial charge on any atom is -0.497 e. The van der Waals surface area contributed by atoms with Gasteiger partial charge in [0.05, 0.1) is 12.7 Å². The van der Waals surface area contributed by atoms with E-state index in [2.05, 4.69) is 20.6 Å². The maximum atomic E-state index is 13.2. The van der Waals surface area contributed by atoms with Gasteiger partial charge >= 0.3 is 0 Å². The summed E-state index contributed by atoms with van der Waals surface area (Å²) in [6.07, 6.45) is 2.79. The lowest BCUT2D eigenvalue weighted by Crippen LogP contribution is -2.13. The van der Waals surface area contributed by atoms with Crippen molar-refractivity contribution in [2.45, 2.75) is 0 Å². The van der Waals surface area contributed by atoms with Gasteiger partial charge in [0.25, 0.3) is 5.91 Å². The van der Waals surface area contributed by atoms with Crippen molar-refractivity contribution in [3.63, 3.8) is 0 Å². The van der Waals surface area contributed by atoms with E-state index < -0.39 is 0 Å². The van der Waals surface area contributed by atoms with E-state index in [9.17, 15) is 9.18 Å². The zero-order chi connectivity index (χ0) is 17.6. The van der Waals surface area contributed by atoms with Crippen LogP contribution in [0.1, 0.15) is 10.4 Å². The molecule has 6 nitrogen and oxygen atoms in total. The van der Waals surface area contributed by atoms with Crippen molar-refractivity contribution in [3.05, 3.63) is 72.3 Å². The average molecular weight is 338 g/mol. The van der Waals surface area contributed by atoms with Crippen molar-refractivity contribution < 1.29 is 13.9 Å². The number of halogens is 1. The van der Waals surface area contributed by atoms with Crippen LogP contribution in [-0.4, -0.2) is 23.0 Å².